The van der Waals surface area contributed by atoms with Crippen molar-refractivity contribution >= 4 is 16.8 Å². The molecule has 4 aromatic rings. The van der Waals surface area contributed by atoms with Gasteiger partial charge in [-0.2, -0.15) is 5.10 Å². The molecule has 1 saturated heterocycles. The number of halogens is 2. The summed E-state index contributed by atoms with van der Waals surface area (Å²) < 4.78 is 32.1. The molecule has 0 aliphatic carbocycles. The van der Waals surface area contributed by atoms with Crippen LogP contribution in [-0.4, -0.2) is 55.3 Å². The normalized spacial score (nSPS) is 18.4. The number of carbonyl (C=O) groups excluding carboxylic acids is 1. The first kappa shape index (κ1) is 21.8. The van der Waals surface area contributed by atoms with Crippen LogP contribution in [-0.2, 0) is 18.4 Å². The number of nitrogens with zero attached hydrogens (tertiary/aromatic N) is 6. The molecule has 2 aliphatic rings. The molecule has 3 aromatic heterocycles. The summed E-state index contributed by atoms with van der Waals surface area (Å²) in [5, 5.41) is 8.01. The van der Waals surface area contributed by atoms with Gasteiger partial charge in [0.2, 0.25) is 5.91 Å². The number of hydrogen-bond acceptors (Lipinski definition) is 5. The monoisotopic (exact) mass is 477 g/mol. The maximum atomic E-state index is 14.2. The number of aryl methyl sites for hydroxylation is 1. The number of carbonyl (C=O) groups is 1. The third-order valence-electron chi connectivity index (χ3n) is 7.05. The third kappa shape index (κ3) is 3.35. The van der Waals surface area contributed by atoms with Crippen LogP contribution in [0.1, 0.15) is 42.4 Å². The van der Waals surface area contributed by atoms with Crippen molar-refractivity contribution in [3.63, 3.8) is 0 Å². The number of aromatic nitrogens is 5. The number of nitrogens with one attached hydrogen (secondary N) is 1. The van der Waals surface area contributed by atoms with Gasteiger partial charge in [0, 0.05) is 61.4 Å². The Kier molecular flexibility index (Phi) is 4.96. The molecule has 1 fully saturated rings. The van der Waals surface area contributed by atoms with Crippen molar-refractivity contribution < 1.29 is 13.6 Å². The summed E-state index contributed by atoms with van der Waals surface area (Å²) in [7, 11) is 3.52. The van der Waals surface area contributed by atoms with E-state index in [2.05, 4.69) is 15.4 Å². The fraction of sp³-hybridized carbons (Fsp3) is 0.360. The molecular weight excluding hydrogens is 452 g/mol. The number of amides is 1. The van der Waals surface area contributed by atoms with E-state index in [-0.39, 0.29) is 29.1 Å². The maximum Gasteiger partial charge on any atom is 0.265 e. The van der Waals surface area contributed by atoms with Crippen molar-refractivity contribution in [1.29, 1.82) is 0 Å². The van der Waals surface area contributed by atoms with Crippen molar-refractivity contribution in [3.05, 3.63) is 53.7 Å². The van der Waals surface area contributed by atoms with E-state index in [1.807, 2.05) is 29.7 Å². The van der Waals surface area contributed by atoms with Crippen LogP contribution in [0, 0.1) is 0 Å². The number of benzene rings is 1. The van der Waals surface area contributed by atoms with Crippen LogP contribution in [0.2, 0.25) is 0 Å². The molecule has 1 aromatic carbocycles. The van der Waals surface area contributed by atoms with Crippen LogP contribution in [0.25, 0.3) is 33.4 Å². The zero-order valence-corrected chi connectivity index (χ0v) is 19.7. The minimum absolute atomic E-state index is 0.0377. The quantitative estimate of drug-likeness (QED) is 0.485. The van der Waals surface area contributed by atoms with Gasteiger partial charge in [-0.25, -0.2) is 18.7 Å². The second kappa shape index (κ2) is 7.94. The summed E-state index contributed by atoms with van der Waals surface area (Å²) >= 11 is 0. The lowest BCUT2D eigenvalue weighted by Gasteiger charge is -2.34. The second-order valence-corrected chi connectivity index (χ2v) is 9.36. The van der Waals surface area contributed by atoms with Crippen molar-refractivity contribution in [2.75, 3.05) is 20.1 Å². The van der Waals surface area contributed by atoms with Gasteiger partial charge in [0.25, 0.3) is 6.43 Å². The summed E-state index contributed by atoms with van der Waals surface area (Å²) in [5.41, 5.74) is 3.62. The molecule has 180 valence electrons. The Balaban J connectivity index is 1.59. The average Bonchev–Trinajstić information content (AvgIpc) is 3.39. The van der Waals surface area contributed by atoms with Gasteiger partial charge in [-0.3, -0.25) is 9.48 Å². The minimum Gasteiger partial charge on any atom is -0.338 e. The fourth-order valence-corrected chi connectivity index (χ4v) is 5.13. The smallest absolute Gasteiger partial charge is 0.265 e. The molecule has 1 N–H and O–H groups in total. The highest BCUT2D eigenvalue weighted by molar-refractivity contribution is 5.96. The molecular formula is C25H25F2N7O. The second-order valence-electron chi connectivity index (χ2n) is 9.36. The third-order valence-corrected chi connectivity index (χ3v) is 7.05. The maximum absolute atomic E-state index is 14.2. The van der Waals surface area contributed by atoms with E-state index in [4.69, 9.17) is 4.98 Å². The van der Waals surface area contributed by atoms with Crippen LogP contribution in [0.5, 0.6) is 0 Å². The van der Waals surface area contributed by atoms with Crippen molar-refractivity contribution in [3.8, 4) is 22.5 Å². The van der Waals surface area contributed by atoms with Crippen LogP contribution in [0.15, 0.2) is 36.7 Å². The fourth-order valence-electron chi connectivity index (χ4n) is 5.13. The summed E-state index contributed by atoms with van der Waals surface area (Å²) in [4.78, 5) is 24.2. The first-order chi connectivity index (χ1) is 16.8. The number of imidazole rings is 1. The largest absolute Gasteiger partial charge is 0.338 e. The standard InChI is InChI=1S/C25H25F2N7O/c1-13-25(35)32(2)12-20-22(31-24(34(13)20)14-8-28-9-14)16-5-4-6-19-17(16)7-18(23(26)27)21(30-19)15-10-29-33(3)11-15/h4-7,10-11,13-14,23,28H,8-9,12H2,1-3H3/t13-/m1/s1. The van der Waals surface area contributed by atoms with Crippen molar-refractivity contribution in [2.24, 2.45) is 7.05 Å². The Hall–Kier alpha value is -3.66. The lowest BCUT2D eigenvalue weighted by atomic mass is 9.99. The molecule has 1 amide bonds. The van der Waals surface area contributed by atoms with Gasteiger partial charge in [0.15, 0.2) is 0 Å². The number of likely N-dealkylation sites (N-methyl/N-ethyl adjacent to an activating group) is 1. The average molecular weight is 478 g/mol. The summed E-state index contributed by atoms with van der Waals surface area (Å²) in [5.74, 6) is 1.12. The minimum atomic E-state index is -2.70. The van der Waals surface area contributed by atoms with Crippen LogP contribution in [0.4, 0.5) is 8.78 Å². The molecule has 0 radical (unpaired) electrons. The lowest BCUT2D eigenvalue weighted by molar-refractivity contribution is -0.135. The van der Waals surface area contributed by atoms with E-state index >= 15 is 0 Å². The van der Waals surface area contributed by atoms with E-state index in [9.17, 15) is 13.6 Å². The molecule has 0 saturated carbocycles. The first-order valence-electron chi connectivity index (χ1n) is 11.6. The first-order valence-corrected chi connectivity index (χ1v) is 11.6. The molecule has 10 heteroatoms. The van der Waals surface area contributed by atoms with E-state index in [1.165, 1.54) is 6.07 Å². The molecule has 0 bridgehead atoms. The Morgan fingerprint density at radius 2 is 1.94 bits per heavy atom. The summed E-state index contributed by atoms with van der Waals surface area (Å²) in [6.07, 6.45) is 0.525. The molecule has 0 spiro atoms. The summed E-state index contributed by atoms with van der Waals surface area (Å²) in [6.45, 7) is 3.90. The lowest BCUT2D eigenvalue weighted by Crippen LogP contribution is -2.44. The zero-order chi connectivity index (χ0) is 24.4. The zero-order valence-electron chi connectivity index (χ0n) is 19.7. The summed E-state index contributed by atoms with van der Waals surface area (Å²) in [6, 6.07) is 6.75. The molecule has 1 atom stereocenters. The highest BCUT2D eigenvalue weighted by Crippen LogP contribution is 2.40. The van der Waals surface area contributed by atoms with Gasteiger partial charge in [0.1, 0.15) is 11.9 Å². The van der Waals surface area contributed by atoms with Gasteiger partial charge in [-0.05, 0) is 19.1 Å². The number of pyridine rings is 1. The molecule has 2 aliphatic heterocycles. The number of hydrogen-bond donors (Lipinski definition) is 1. The molecule has 6 rings (SSSR count). The van der Waals surface area contributed by atoms with Crippen molar-refractivity contribution in [2.45, 2.75) is 31.9 Å². The Bertz CT molecular complexity index is 1470. The predicted octanol–water partition coefficient (Wildman–Crippen LogP) is 3.66. The molecule has 0 unspecified atom stereocenters. The van der Waals surface area contributed by atoms with Crippen LogP contribution in [0.3, 0.4) is 0 Å². The van der Waals surface area contributed by atoms with Crippen LogP contribution < -0.4 is 5.32 Å². The Labute approximate surface area is 200 Å². The number of alkyl halides is 2. The Morgan fingerprint density at radius 3 is 2.60 bits per heavy atom. The van der Waals surface area contributed by atoms with Gasteiger partial charge >= 0.3 is 0 Å². The predicted molar refractivity (Wildman–Crippen MR) is 127 cm³/mol. The SMILES string of the molecule is C[C@@H]1C(=O)N(C)Cc2c(-c3cccc4nc(-c5cnn(C)c5)c(C(F)F)cc34)nc(C3CNC3)n21. The van der Waals surface area contributed by atoms with Crippen molar-refractivity contribution in [1.82, 2.24) is 34.5 Å². The van der Waals surface area contributed by atoms with E-state index in [0.717, 1.165) is 35.9 Å². The highest BCUT2D eigenvalue weighted by Gasteiger charge is 2.37. The Morgan fingerprint density at radius 1 is 1.14 bits per heavy atom. The number of fused-ring (bicyclic) bond motifs is 2. The van der Waals surface area contributed by atoms with Gasteiger partial charge in [-0.15, -0.1) is 0 Å². The van der Waals surface area contributed by atoms with E-state index in [1.54, 1.807) is 36.1 Å². The van der Waals surface area contributed by atoms with Crippen LogP contribution >= 0.6 is 0 Å². The molecule has 35 heavy (non-hydrogen) atoms. The molecule has 5 heterocycles. The van der Waals surface area contributed by atoms with E-state index < -0.39 is 6.43 Å². The topological polar surface area (TPSA) is 80.9 Å². The number of rotatable bonds is 4. The highest BCUT2D eigenvalue weighted by atomic mass is 19.3. The van der Waals surface area contributed by atoms with Gasteiger partial charge in [-0.1, -0.05) is 12.1 Å². The van der Waals surface area contributed by atoms with Gasteiger partial charge < -0.3 is 14.8 Å². The van der Waals surface area contributed by atoms with E-state index in [0.29, 0.717) is 23.0 Å². The molecule has 8 nitrogen and oxygen atoms in total. The van der Waals surface area contributed by atoms with Gasteiger partial charge in [0.05, 0.1) is 35.3 Å².